The van der Waals surface area contributed by atoms with Crippen LogP contribution in [0.5, 0.6) is 0 Å². The fraction of sp³-hybridized carbons (Fsp3) is 0.259. The van der Waals surface area contributed by atoms with E-state index in [2.05, 4.69) is 17.6 Å². The third kappa shape index (κ3) is 7.55. The molecule has 0 spiro atoms. The molecule has 7 heteroatoms. The summed E-state index contributed by atoms with van der Waals surface area (Å²) in [4.78, 5) is 36.2. The number of non-ortho nitro benzene ring substituents is 1. The first-order chi connectivity index (χ1) is 16.4. The summed E-state index contributed by atoms with van der Waals surface area (Å²) in [5, 5.41) is 16.6. The van der Waals surface area contributed by atoms with Gasteiger partial charge in [-0.1, -0.05) is 80.1 Å². The number of carbonyl (C=O) groups is 2. The topological polar surface area (TPSA) is 101 Å². The average molecular weight is 460 g/mol. The van der Waals surface area contributed by atoms with Gasteiger partial charge in [-0.25, -0.2) is 0 Å². The zero-order valence-corrected chi connectivity index (χ0v) is 19.2. The van der Waals surface area contributed by atoms with Crippen molar-refractivity contribution < 1.29 is 14.5 Å². The number of amides is 2. The monoisotopic (exact) mass is 459 g/mol. The highest BCUT2D eigenvalue weighted by Gasteiger charge is 2.22. The second-order valence-electron chi connectivity index (χ2n) is 8.19. The molecule has 2 N–H and O–H groups in total. The summed E-state index contributed by atoms with van der Waals surface area (Å²) in [6, 6.07) is 22.6. The van der Waals surface area contributed by atoms with E-state index in [0.29, 0.717) is 6.54 Å². The molecule has 0 aromatic heterocycles. The van der Waals surface area contributed by atoms with Crippen molar-refractivity contribution >= 4 is 17.5 Å². The molecule has 34 heavy (non-hydrogen) atoms. The summed E-state index contributed by atoms with van der Waals surface area (Å²) in [5.74, 6) is -0.570. The van der Waals surface area contributed by atoms with Crippen molar-refractivity contribution in [2.75, 3.05) is 0 Å². The van der Waals surface area contributed by atoms with Crippen molar-refractivity contribution in [2.24, 2.45) is 0 Å². The van der Waals surface area contributed by atoms with E-state index in [4.69, 9.17) is 0 Å². The first-order valence-electron chi connectivity index (χ1n) is 11.4. The van der Waals surface area contributed by atoms with Crippen LogP contribution >= 0.6 is 0 Å². The molecule has 0 radical (unpaired) electrons. The highest BCUT2D eigenvalue weighted by atomic mass is 16.6. The molecule has 176 valence electrons. The third-order valence-electron chi connectivity index (χ3n) is 5.47. The van der Waals surface area contributed by atoms with Gasteiger partial charge in [-0.05, 0) is 28.7 Å². The Balaban J connectivity index is 1.68. The Morgan fingerprint density at radius 2 is 1.47 bits per heavy atom. The van der Waals surface area contributed by atoms with Gasteiger partial charge in [0.05, 0.1) is 11.3 Å². The Labute approximate surface area is 199 Å². The van der Waals surface area contributed by atoms with Crippen molar-refractivity contribution in [3.8, 4) is 0 Å². The molecule has 3 rings (SSSR count). The van der Waals surface area contributed by atoms with Crippen LogP contribution in [0.3, 0.4) is 0 Å². The number of carbonyl (C=O) groups excluding carboxylic acids is 2. The number of aryl methyl sites for hydroxylation is 1. The van der Waals surface area contributed by atoms with E-state index in [0.717, 1.165) is 29.5 Å². The van der Waals surface area contributed by atoms with Gasteiger partial charge < -0.3 is 10.6 Å². The molecule has 0 aliphatic rings. The Bertz CT molecular complexity index is 1100. The van der Waals surface area contributed by atoms with E-state index in [9.17, 15) is 19.7 Å². The number of hydrogen-bond donors (Lipinski definition) is 2. The van der Waals surface area contributed by atoms with Crippen LogP contribution in [-0.4, -0.2) is 22.8 Å². The Morgan fingerprint density at radius 1 is 0.853 bits per heavy atom. The predicted octanol–water partition coefficient (Wildman–Crippen LogP) is 4.13. The summed E-state index contributed by atoms with van der Waals surface area (Å²) in [5.41, 5.74) is 3.74. The van der Waals surface area contributed by atoms with Crippen molar-refractivity contribution in [1.29, 1.82) is 0 Å². The number of nitro groups is 1. The Hall–Kier alpha value is -4.00. The maximum absolute atomic E-state index is 13.0. The minimum absolute atomic E-state index is 0.0237. The number of rotatable bonds is 11. The lowest BCUT2D eigenvalue weighted by molar-refractivity contribution is -0.384. The van der Waals surface area contributed by atoms with Gasteiger partial charge in [-0.15, -0.1) is 0 Å². The molecule has 3 aromatic carbocycles. The molecule has 1 atom stereocenters. The average Bonchev–Trinajstić information content (AvgIpc) is 2.84. The summed E-state index contributed by atoms with van der Waals surface area (Å²) in [6.07, 6.45) is 2.43. The standard InChI is InChI=1S/C27H29N3O4/c1-2-6-20-9-11-22(12-10-20)18-26(31)29-25(17-21-13-15-24(16-14-21)30(33)34)27(32)28-19-23-7-4-3-5-8-23/h3-5,7-16,25H,2,6,17-19H2,1H3,(H,28,32)(H,29,31). The van der Waals surface area contributed by atoms with Crippen LogP contribution < -0.4 is 10.6 Å². The zero-order valence-electron chi connectivity index (χ0n) is 19.2. The second kappa shape index (κ2) is 12.3. The molecule has 2 amide bonds. The molecule has 0 aliphatic carbocycles. The van der Waals surface area contributed by atoms with Crippen LogP contribution in [-0.2, 0) is 35.4 Å². The summed E-state index contributed by atoms with van der Waals surface area (Å²) >= 11 is 0. The lowest BCUT2D eigenvalue weighted by Gasteiger charge is -2.19. The molecule has 3 aromatic rings. The lowest BCUT2D eigenvalue weighted by atomic mass is 10.0. The molecule has 0 fully saturated rings. The molecule has 0 heterocycles. The first-order valence-corrected chi connectivity index (χ1v) is 11.4. The maximum atomic E-state index is 13.0. The SMILES string of the molecule is CCCc1ccc(CC(=O)NC(Cc2ccc([N+](=O)[O-])cc2)C(=O)NCc2ccccc2)cc1. The summed E-state index contributed by atoms with van der Waals surface area (Å²) < 4.78 is 0. The van der Waals surface area contributed by atoms with Gasteiger partial charge in [-0.3, -0.25) is 19.7 Å². The molecule has 1 unspecified atom stereocenters. The van der Waals surface area contributed by atoms with Crippen LogP contribution in [0.4, 0.5) is 5.69 Å². The molecule has 0 saturated carbocycles. The van der Waals surface area contributed by atoms with Crippen molar-refractivity contribution in [3.05, 3.63) is 111 Å². The number of benzene rings is 3. The van der Waals surface area contributed by atoms with Gasteiger partial charge in [0.2, 0.25) is 11.8 Å². The van der Waals surface area contributed by atoms with E-state index in [1.807, 2.05) is 54.6 Å². The number of hydrogen-bond acceptors (Lipinski definition) is 4. The zero-order chi connectivity index (χ0) is 24.3. The fourth-order valence-electron chi connectivity index (χ4n) is 3.65. The van der Waals surface area contributed by atoms with E-state index >= 15 is 0 Å². The van der Waals surface area contributed by atoms with E-state index in [1.165, 1.54) is 17.7 Å². The first kappa shape index (κ1) is 24.6. The highest BCUT2D eigenvalue weighted by Crippen LogP contribution is 2.14. The third-order valence-corrected chi connectivity index (χ3v) is 5.47. The van der Waals surface area contributed by atoms with Gasteiger partial charge in [-0.2, -0.15) is 0 Å². The van der Waals surface area contributed by atoms with E-state index in [1.54, 1.807) is 12.1 Å². The molecule has 7 nitrogen and oxygen atoms in total. The van der Waals surface area contributed by atoms with Crippen LogP contribution in [0, 0.1) is 10.1 Å². The predicted molar refractivity (Wildman–Crippen MR) is 131 cm³/mol. The van der Waals surface area contributed by atoms with Gasteiger partial charge in [0, 0.05) is 25.1 Å². The van der Waals surface area contributed by atoms with Crippen LogP contribution in [0.15, 0.2) is 78.9 Å². The van der Waals surface area contributed by atoms with Crippen LogP contribution in [0.25, 0.3) is 0 Å². The van der Waals surface area contributed by atoms with Gasteiger partial charge in [0.15, 0.2) is 0 Å². The summed E-state index contributed by atoms with van der Waals surface area (Å²) in [7, 11) is 0. The minimum atomic E-state index is -0.808. The molecule has 0 bridgehead atoms. The second-order valence-corrected chi connectivity index (χ2v) is 8.19. The van der Waals surface area contributed by atoms with Crippen molar-refractivity contribution in [3.63, 3.8) is 0 Å². The Kier molecular flexibility index (Phi) is 8.91. The smallest absolute Gasteiger partial charge is 0.269 e. The lowest BCUT2D eigenvalue weighted by Crippen LogP contribution is -2.48. The number of nitro benzene ring substituents is 1. The van der Waals surface area contributed by atoms with E-state index in [-0.39, 0.29) is 30.3 Å². The molecular formula is C27H29N3O4. The maximum Gasteiger partial charge on any atom is 0.269 e. The largest absolute Gasteiger partial charge is 0.350 e. The normalized spacial score (nSPS) is 11.4. The number of nitrogens with zero attached hydrogens (tertiary/aromatic N) is 1. The Morgan fingerprint density at radius 3 is 2.09 bits per heavy atom. The van der Waals surface area contributed by atoms with Crippen molar-refractivity contribution in [1.82, 2.24) is 10.6 Å². The summed E-state index contributed by atoms with van der Waals surface area (Å²) in [6.45, 7) is 2.46. The molecular weight excluding hydrogens is 430 g/mol. The quantitative estimate of drug-likeness (QED) is 0.332. The molecule has 0 saturated heterocycles. The van der Waals surface area contributed by atoms with Gasteiger partial charge in [0.1, 0.15) is 6.04 Å². The van der Waals surface area contributed by atoms with Gasteiger partial charge in [0.25, 0.3) is 5.69 Å². The highest BCUT2D eigenvalue weighted by molar-refractivity contribution is 5.88. The van der Waals surface area contributed by atoms with Crippen molar-refractivity contribution in [2.45, 2.75) is 45.2 Å². The minimum Gasteiger partial charge on any atom is -0.350 e. The van der Waals surface area contributed by atoms with Crippen LogP contribution in [0.2, 0.25) is 0 Å². The van der Waals surface area contributed by atoms with E-state index < -0.39 is 11.0 Å². The number of nitrogens with one attached hydrogen (secondary N) is 2. The molecule has 0 aliphatic heterocycles. The van der Waals surface area contributed by atoms with Gasteiger partial charge >= 0.3 is 0 Å². The van der Waals surface area contributed by atoms with Crippen LogP contribution in [0.1, 0.15) is 35.6 Å². The fourth-order valence-corrected chi connectivity index (χ4v) is 3.65.